The molecule has 0 aliphatic rings. The van der Waals surface area contributed by atoms with Gasteiger partial charge < -0.3 is 15.4 Å². The van der Waals surface area contributed by atoms with Crippen molar-refractivity contribution in [3.05, 3.63) is 65.2 Å². The molecule has 0 saturated heterocycles. The van der Waals surface area contributed by atoms with Gasteiger partial charge in [-0.3, -0.25) is 9.59 Å². The van der Waals surface area contributed by atoms with Crippen LogP contribution in [0.5, 0.6) is 5.75 Å². The predicted octanol–water partition coefficient (Wildman–Crippen LogP) is 2.37. The fraction of sp³-hybridized carbons (Fsp3) is 0.300. The van der Waals surface area contributed by atoms with Crippen LogP contribution in [0.25, 0.3) is 0 Å². The summed E-state index contributed by atoms with van der Waals surface area (Å²) in [7, 11) is 1.62. The molecule has 25 heavy (non-hydrogen) atoms. The van der Waals surface area contributed by atoms with Crippen LogP contribution in [0.15, 0.2) is 48.5 Å². The third-order valence-electron chi connectivity index (χ3n) is 3.76. The Morgan fingerprint density at radius 3 is 2.44 bits per heavy atom. The van der Waals surface area contributed by atoms with Gasteiger partial charge in [-0.15, -0.1) is 0 Å². The molecule has 132 valence electrons. The molecule has 5 nitrogen and oxygen atoms in total. The first-order valence-corrected chi connectivity index (χ1v) is 8.28. The van der Waals surface area contributed by atoms with Crippen molar-refractivity contribution >= 4 is 11.8 Å². The summed E-state index contributed by atoms with van der Waals surface area (Å²) in [6, 6.07) is 15.6. The quantitative estimate of drug-likeness (QED) is 0.725. The van der Waals surface area contributed by atoms with Gasteiger partial charge in [0.05, 0.1) is 7.11 Å². The highest BCUT2D eigenvalue weighted by molar-refractivity contribution is 5.96. The third kappa shape index (κ3) is 6.67. The lowest BCUT2D eigenvalue weighted by Gasteiger charge is -2.08. The molecule has 0 aliphatic carbocycles. The molecule has 0 radical (unpaired) electrons. The summed E-state index contributed by atoms with van der Waals surface area (Å²) in [5.74, 6) is 0.240. The Morgan fingerprint density at radius 2 is 1.68 bits per heavy atom. The maximum Gasteiger partial charge on any atom is 0.229 e. The predicted molar refractivity (Wildman–Crippen MR) is 97.4 cm³/mol. The summed E-state index contributed by atoms with van der Waals surface area (Å²) < 4.78 is 5.17. The van der Waals surface area contributed by atoms with E-state index in [1.165, 1.54) is 0 Å². The lowest BCUT2D eigenvalue weighted by atomic mass is 10.1. The van der Waals surface area contributed by atoms with Gasteiger partial charge in [0, 0.05) is 13.1 Å². The molecule has 0 aliphatic heterocycles. The second-order valence-electron chi connectivity index (χ2n) is 5.89. The van der Waals surface area contributed by atoms with E-state index in [1.54, 1.807) is 7.11 Å². The van der Waals surface area contributed by atoms with Crippen LogP contribution in [0, 0.1) is 6.92 Å². The summed E-state index contributed by atoms with van der Waals surface area (Å²) in [6.45, 7) is 2.91. The Bertz CT molecular complexity index is 728. The van der Waals surface area contributed by atoms with Crippen molar-refractivity contribution in [1.29, 1.82) is 0 Å². The fourth-order valence-corrected chi connectivity index (χ4v) is 2.47. The van der Waals surface area contributed by atoms with Gasteiger partial charge in [0.25, 0.3) is 0 Å². The van der Waals surface area contributed by atoms with Gasteiger partial charge in [-0.1, -0.05) is 42.0 Å². The molecule has 0 saturated carbocycles. The number of benzene rings is 2. The van der Waals surface area contributed by atoms with Gasteiger partial charge in [0.2, 0.25) is 11.8 Å². The topological polar surface area (TPSA) is 67.4 Å². The van der Waals surface area contributed by atoms with Crippen molar-refractivity contribution in [1.82, 2.24) is 10.6 Å². The number of ether oxygens (including phenoxy) is 1. The van der Waals surface area contributed by atoms with Crippen LogP contribution in [-0.4, -0.2) is 25.5 Å². The first-order chi connectivity index (χ1) is 12.1. The molecule has 0 atom stereocenters. The number of hydrogen-bond acceptors (Lipinski definition) is 3. The number of rotatable bonds is 8. The third-order valence-corrected chi connectivity index (χ3v) is 3.76. The normalized spacial score (nSPS) is 10.2. The Balaban J connectivity index is 1.68. The van der Waals surface area contributed by atoms with Gasteiger partial charge in [0.1, 0.15) is 12.2 Å². The zero-order valence-electron chi connectivity index (χ0n) is 14.7. The van der Waals surface area contributed by atoms with Crippen molar-refractivity contribution in [2.24, 2.45) is 0 Å². The molecule has 0 fully saturated rings. The van der Waals surface area contributed by atoms with Crippen LogP contribution in [0.4, 0.5) is 0 Å². The molecule has 0 spiro atoms. The highest BCUT2D eigenvalue weighted by Gasteiger charge is 2.09. The van der Waals surface area contributed by atoms with E-state index in [1.807, 2.05) is 55.5 Å². The number of amides is 2. The van der Waals surface area contributed by atoms with Crippen molar-refractivity contribution in [2.75, 3.05) is 13.7 Å². The second kappa shape index (κ2) is 9.47. The molecule has 2 amide bonds. The highest BCUT2D eigenvalue weighted by atomic mass is 16.5. The number of carbonyl (C=O) groups is 2. The summed E-state index contributed by atoms with van der Waals surface area (Å²) in [4.78, 5) is 23.7. The monoisotopic (exact) mass is 340 g/mol. The number of methoxy groups -OCH3 is 1. The first kappa shape index (κ1) is 18.5. The highest BCUT2D eigenvalue weighted by Crippen LogP contribution is 2.12. The van der Waals surface area contributed by atoms with E-state index in [4.69, 9.17) is 4.74 Å². The molecular weight excluding hydrogens is 316 g/mol. The summed E-state index contributed by atoms with van der Waals surface area (Å²) >= 11 is 0. The maximum atomic E-state index is 11.8. The zero-order chi connectivity index (χ0) is 18.1. The van der Waals surface area contributed by atoms with E-state index in [-0.39, 0.29) is 18.2 Å². The fourth-order valence-electron chi connectivity index (χ4n) is 2.47. The largest absolute Gasteiger partial charge is 0.497 e. The van der Waals surface area contributed by atoms with Crippen LogP contribution in [0.2, 0.25) is 0 Å². The zero-order valence-corrected chi connectivity index (χ0v) is 14.7. The number of carbonyl (C=O) groups excluding carboxylic acids is 2. The molecule has 2 aromatic carbocycles. The van der Waals surface area contributed by atoms with Gasteiger partial charge in [-0.05, 0) is 36.6 Å². The molecule has 2 rings (SSSR count). The van der Waals surface area contributed by atoms with E-state index in [0.717, 1.165) is 22.4 Å². The minimum atomic E-state index is -0.277. The van der Waals surface area contributed by atoms with E-state index in [0.29, 0.717) is 19.5 Å². The Kier molecular flexibility index (Phi) is 7.01. The number of aryl methyl sites for hydroxylation is 1. The number of nitrogens with one attached hydrogen (secondary N) is 2. The summed E-state index contributed by atoms with van der Waals surface area (Å²) in [5.41, 5.74) is 3.23. The standard InChI is InChI=1S/C20H24N2O3/c1-15-5-3-7-17(11-15)14-22-20(24)13-19(23)21-10-9-16-6-4-8-18(12-16)25-2/h3-8,11-12H,9-10,13-14H2,1-2H3,(H,21,23)(H,22,24). The van der Waals surface area contributed by atoms with Crippen molar-refractivity contribution in [2.45, 2.75) is 26.3 Å². The summed E-state index contributed by atoms with van der Waals surface area (Å²) in [5, 5.41) is 5.53. The Morgan fingerprint density at radius 1 is 0.960 bits per heavy atom. The minimum absolute atomic E-state index is 0.163. The van der Waals surface area contributed by atoms with Crippen LogP contribution < -0.4 is 15.4 Å². The van der Waals surface area contributed by atoms with Crippen LogP contribution >= 0.6 is 0 Å². The van der Waals surface area contributed by atoms with Crippen LogP contribution in [-0.2, 0) is 22.6 Å². The van der Waals surface area contributed by atoms with E-state index >= 15 is 0 Å². The molecule has 0 bridgehead atoms. The van der Waals surface area contributed by atoms with Crippen LogP contribution in [0.3, 0.4) is 0 Å². The molecule has 0 aromatic heterocycles. The number of hydrogen-bond donors (Lipinski definition) is 2. The lowest BCUT2D eigenvalue weighted by Crippen LogP contribution is -2.32. The van der Waals surface area contributed by atoms with Gasteiger partial charge >= 0.3 is 0 Å². The molecular formula is C20H24N2O3. The average Bonchev–Trinajstić information content (AvgIpc) is 2.60. The molecule has 0 unspecified atom stereocenters. The van der Waals surface area contributed by atoms with Crippen LogP contribution in [0.1, 0.15) is 23.1 Å². The van der Waals surface area contributed by atoms with E-state index < -0.39 is 0 Å². The maximum absolute atomic E-state index is 11.8. The van der Waals surface area contributed by atoms with Gasteiger partial charge in [-0.25, -0.2) is 0 Å². The second-order valence-corrected chi connectivity index (χ2v) is 5.89. The molecule has 2 N–H and O–H groups in total. The Hall–Kier alpha value is -2.82. The smallest absolute Gasteiger partial charge is 0.229 e. The molecule has 2 aromatic rings. The van der Waals surface area contributed by atoms with Crippen molar-refractivity contribution in [3.63, 3.8) is 0 Å². The first-order valence-electron chi connectivity index (χ1n) is 8.28. The minimum Gasteiger partial charge on any atom is -0.497 e. The van der Waals surface area contributed by atoms with Gasteiger partial charge in [0.15, 0.2) is 0 Å². The van der Waals surface area contributed by atoms with Gasteiger partial charge in [-0.2, -0.15) is 0 Å². The molecule has 5 heteroatoms. The van der Waals surface area contributed by atoms with E-state index in [2.05, 4.69) is 10.6 Å². The average molecular weight is 340 g/mol. The van der Waals surface area contributed by atoms with Crippen molar-refractivity contribution in [3.8, 4) is 5.75 Å². The lowest BCUT2D eigenvalue weighted by molar-refractivity contribution is -0.129. The van der Waals surface area contributed by atoms with E-state index in [9.17, 15) is 9.59 Å². The van der Waals surface area contributed by atoms with Crippen molar-refractivity contribution < 1.29 is 14.3 Å². The summed E-state index contributed by atoms with van der Waals surface area (Å²) in [6.07, 6.45) is 0.526. The SMILES string of the molecule is COc1cccc(CCNC(=O)CC(=O)NCc2cccc(C)c2)c1. The Labute approximate surface area is 148 Å². The molecule has 0 heterocycles.